The van der Waals surface area contributed by atoms with Gasteiger partial charge in [0.2, 0.25) is 0 Å². The molecule has 0 saturated carbocycles. The highest BCUT2D eigenvalue weighted by atomic mass is 32.1. The molecular formula is C14H16N4OS2. The average molecular weight is 320 g/mol. The van der Waals surface area contributed by atoms with E-state index >= 15 is 0 Å². The molecule has 21 heavy (non-hydrogen) atoms. The molecule has 2 aromatic rings. The molecule has 0 atom stereocenters. The summed E-state index contributed by atoms with van der Waals surface area (Å²) in [5.41, 5.74) is 2.22. The van der Waals surface area contributed by atoms with Crippen molar-refractivity contribution in [3.8, 4) is 0 Å². The maximum atomic E-state index is 12.3. The number of aromatic nitrogens is 2. The van der Waals surface area contributed by atoms with E-state index in [4.69, 9.17) is 0 Å². The molecule has 0 spiro atoms. The standard InChI is InChI=1S/C14H16N4OS2/c1-9-13(21-16-15-9)14(19)18-7-11(8-18)17-4-2-12-10(6-17)3-5-20-12/h3,5,11H,2,4,6-8H2,1H3. The third-order valence-electron chi connectivity index (χ3n) is 4.35. The fraction of sp³-hybridized carbons (Fsp3) is 0.500. The topological polar surface area (TPSA) is 49.3 Å². The molecule has 2 aliphatic rings. The van der Waals surface area contributed by atoms with E-state index in [1.807, 2.05) is 23.2 Å². The van der Waals surface area contributed by atoms with E-state index in [2.05, 4.69) is 25.9 Å². The summed E-state index contributed by atoms with van der Waals surface area (Å²) in [6.07, 6.45) is 1.15. The molecule has 2 aromatic heterocycles. The fourth-order valence-corrected chi connectivity index (χ4v) is 4.52. The lowest BCUT2D eigenvalue weighted by Crippen LogP contribution is -2.61. The van der Waals surface area contributed by atoms with Gasteiger partial charge >= 0.3 is 0 Å². The summed E-state index contributed by atoms with van der Waals surface area (Å²) < 4.78 is 3.85. The number of hydrogen-bond acceptors (Lipinski definition) is 6. The van der Waals surface area contributed by atoms with E-state index in [1.165, 1.54) is 22.0 Å². The molecule has 2 aliphatic heterocycles. The van der Waals surface area contributed by atoms with Crippen LogP contribution in [0.2, 0.25) is 0 Å². The normalized spacial score (nSPS) is 19.4. The van der Waals surface area contributed by atoms with Gasteiger partial charge in [0.05, 0.1) is 5.69 Å². The van der Waals surface area contributed by atoms with Gasteiger partial charge in [0.25, 0.3) is 5.91 Å². The maximum Gasteiger partial charge on any atom is 0.267 e. The summed E-state index contributed by atoms with van der Waals surface area (Å²) in [4.78, 5) is 19.0. The number of thiophene rings is 1. The van der Waals surface area contributed by atoms with E-state index in [9.17, 15) is 4.79 Å². The first-order chi connectivity index (χ1) is 10.2. The Balaban J connectivity index is 1.38. The molecule has 0 N–H and O–H groups in total. The SMILES string of the molecule is Cc1nnsc1C(=O)N1CC(N2CCc3sccc3C2)C1. The summed E-state index contributed by atoms with van der Waals surface area (Å²) in [7, 11) is 0. The number of fused-ring (bicyclic) bond motifs is 1. The van der Waals surface area contributed by atoms with Crippen LogP contribution in [-0.2, 0) is 13.0 Å². The van der Waals surface area contributed by atoms with Crippen LogP contribution >= 0.6 is 22.9 Å². The summed E-state index contributed by atoms with van der Waals surface area (Å²) in [5.74, 6) is 0.0898. The zero-order valence-corrected chi connectivity index (χ0v) is 13.4. The van der Waals surface area contributed by atoms with Gasteiger partial charge in [-0.15, -0.1) is 16.4 Å². The van der Waals surface area contributed by atoms with Gasteiger partial charge in [0.15, 0.2) is 0 Å². The third kappa shape index (κ3) is 2.29. The van der Waals surface area contributed by atoms with Gasteiger partial charge in [0.1, 0.15) is 4.88 Å². The second kappa shape index (κ2) is 5.15. The van der Waals surface area contributed by atoms with Crippen molar-refractivity contribution in [2.75, 3.05) is 19.6 Å². The quantitative estimate of drug-likeness (QED) is 0.846. The van der Waals surface area contributed by atoms with Crippen molar-refractivity contribution in [3.05, 3.63) is 32.5 Å². The Hall–Kier alpha value is -1.31. The monoisotopic (exact) mass is 320 g/mol. The zero-order valence-electron chi connectivity index (χ0n) is 11.8. The van der Waals surface area contributed by atoms with Crippen molar-refractivity contribution < 1.29 is 4.79 Å². The molecule has 4 heterocycles. The second-order valence-corrected chi connectivity index (χ2v) is 7.40. The van der Waals surface area contributed by atoms with Gasteiger partial charge in [-0.05, 0) is 41.9 Å². The third-order valence-corrected chi connectivity index (χ3v) is 6.19. The number of nitrogens with zero attached hydrogens (tertiary/aromatic N) is 4. The molecule has 7 heteroatoms. The molecule has 0 unspecified atom stereocenters. The fourth-order valence-electron chi connectivity index (χ4n) is 3.01. The van der Waals surface area contributed by atoms with Crippen molar-refractivity contribution in [2.45, 2.75) is 25.9 Å². The van der Waals surface area contributed by atoms with Crippen molar-refractivity contribution in [3.63, 3.8) is 0 Å². The lowest BCUT2D eigenvalue weighted by Gasteiger charge is -2.46. The Kier molecular flexibility index (Phi) is 3.28. The minimum atomic E-state index is 0.0898. The number of aryl methyl sites for hydroxylation is 1. The van der Waals surface area contributed by atoms with E-state index in [1.54, 1.807) is 0 Å². The number of carbonyl (C=O) groups is 1. The minimum Gasteiger partial charge on any atom is -0.335 e. The van der Waals surface area contributed by atoms with E-state index < -0.39 is 0 Å². The Bertz CT molecular complexity index is 674. The molecule has 0 aliphatic carbocycles. The summed E-state index contributed by atoms with van der Waals surface area (Å²) in [6, 6.07) is 2.74. The van der Waals surface area contributed by atoms with Gasteiger partial charge in [-0.2, -0.15) is 0 Å². The highest BCUT2D eigenvalue weighted by Gasteiger charge is 2.37. The Labute approximate surface area is 131 Å². The lowest BCUT2D eigenvalue weighted by atomic mass is 10.0. The molecule has 0 bridgehead atoms. The minimum absolute atomic E-state index is 0.0898. The molecule has 1 fully saturated rings. The highest BCUT2D eigenvalue weighted by Crippen LogP contribution is 2.28. The second-order valence-electron chi connectivity index (χ2n) is 5.64. The Morgan fingerprint density at radius 3 is 3.05 bits per heavy atom. The maximum absolute atomic E-state index is 12.3. The van der Waals surface area contributed by atoms with Crippen LogP contribution in [0, 0.1) is 6.92 Å². The number of hydrogen-bond donors (Lipinski definition) is 0. The molecule has 0 aromatic carbocycles. The number of likely N-dealkylation sites (tertiary alicyclic amines) is 1. The predicted molar refractivity (Wildman–Crippen MR) is 82.8 cm³/mol. The van der Waals surface area contributed by atoms with Crippen LogP contribution in [0.5, 0.6) is 0 Å². The van der Waals surface area contributed by atoms with Gasteiger partial charge < -0.3 is 4.90 Å². The highest BCUT2D eigenvalue weighted by molar-refractivity contribution is 7.10. The van der Waals surface area contributed by atoms with Crippen LogP contribution in [0.4, 0.5) is 0 Å². The van der Waals surface area contributed by atoms with Crippen molar-refractivity contribution in [2.24, 2.45) is 0 Å². The summed E-state index contributed by atoms with van der Waals surface area (Å²) in [5, 5.41) is 6.10. The molecule has 4 rings (SSSR count). The van der Waals surface area contributed by atoms with Crippen molar-refractivity contribution >= 4 is 28.8 Å². The first-order valence-electron chi connectivity index (χ1n) is 7.10. The zero-order chi connectivity index (χ0) is 14.4. The largest absolute Gasteiger partial charge is 0.335 e. The number of amides is 1. The van der Waals surface area contributed by atoms with Gasteiger partial charge in [-0.1, -0.05) is 4.49 Å². The first kappa shape index (κ1) is 13.4. The van der Waals surface area contributed by atoms with E-state index in [-0.39, 0.29) is 5.91 Å². The molecule has 1 amide bonds. The summed E-state index contributed by atoms with van der Waals surface area (Å²) >= 11 is 3.07. The van der Waals surface area contributed by atoms with Crippen LogP contribution in [-0.4, -0.2) is 51.0 Å². The summed E-state index contributed by atoms with van der Waals surface area (Å²) in [6.45, 7) is 5.65. The predicted octanol–water partition coefficient (Wildman–Crippen LogP) is 1.79. The van der Waals surface area contributed by atoms with Crippen LogP contribution < -0.4 is 0 Å². The average Bonchev–Trinajstić information content (AvgIpc) is 3.04. The number of rotatable bonds is 2. The molecular weight excluding hydrogens is 304 g/mol. The Morgan fingerprint density at radius 1 is 1.43 bits per heavy atom. The van der Waals surface area contributed by atoms with Gasteiger partial charge in [-0.3, -0.25) is 9.69 Å². The van der Waals surface area contributed by atoms with Crippen LogP contribution in [0.3, 0.4) is 0 Å². The van der Waals surface area contributed by atoms with Crippen LogP contribution in [0.15, 0.2) is 11.4 Å². The van der Waals surface area contributed by atoms with E-state index in [0.29, 0.717) is 10.9 Å². The molecule has 0 radical (unpaired) electrons. The van der Waals surface area contributed by atoms with E-state index in [0.717, 1.165) is 38.3 Å². The van der Waals surface area contributed by atoms with Crippen LogP contribution in [0.1, 0.15) is 25.8 Å². The van der Waals surface area contributed by atoms with Gasteiger partial charge in [0, 0.05) is 37.1 Å². The van der Waals surface area contributed by atoms with Crippen LogP contribution in [0.25, 0.3) is 0 Å². The number of carbonyl (C=O) groups excluding carboxylic acids is 1. The molecule has 5 nitrogen and oxygen atoms in total. The lowest BCUT2D eigenvalue weighted by molar-refractivity contribution is 0.0224. The molecule has 1 saturated heterocycles. The first-order valence-corrected chi connectivity index (χ1v) is 8.75. The smallest absolute Gasteiger partial charge is 0.267 e. The molecule has 110 valence electrons. The van der Waals surface area contributed by atoms with Crippen molar-refractivity contribution in [1.29, 1.82) is 0 Å². The van der Waals surface area contributed by atoms with Crippen molar-refractivity contribution in [1.82, 2.24) is 19.4 Å². The van der Waals surface area contributed by atoms with Gasteiger partial charge in [-0.25, -0.2) is 0 Å². The Morgan fingerprint density at radius 2 is 2.29 bits per heavy atom.